The minimum atomic E-state index is -0.467. The summed E-state index contributed by atoms with van der Waals surface area (Å²) >= 11 is 0. The van der Waals surface area contributed by atoms with Gasteiger partial charge in [-0.2, -0.15) is 4.73 Å². The number of aryl methyl sites for hydroxylation is 1. The highest BCUT2D eigenvalue weighted by atomic mass is 16.5. The van der Waals surface area contributed by atoms with E-state index in [1.807, 2.05) is 4.90 Å². The maximum Gasteiger partial charge on any atom is 0.319 e. The number of allylic oxidation sites excluding steroid dienone is 10. The molecule has 0 radical (unpaired) electrons. The number of likely N-dealkylation sites (tertiary alicyclic amines) is 1. The molecule has 1 aromatic heterocycles. The van der Waals surface area contributed by atoms with Crippen LogP contribution >= 0.6 is 0 Å². The fraction of sp³-hybridized carbons (Fsp3) is 0.484. The average molecular weight is 521 g/mol. The molecular weight excluding hydrogens is 476 g/mol. The Morgan fingerprint density at radius 1 is 1.03 bits per heavy atom. The van der Waals surface area contributed by atoms with E-state index in [1.165, 1.54) is 12.4 Å². The van der Waals surface area contributed by atoms with Crippen molar-refractivity contribution in [1.29, 1.82) is 0 Å². The van der Waals surface area contributed by atoms with Crippen molar-refractivity contribution in [3.63, 3.8) is 0 Å². The molecule has 1 atom stereocenters. The fourth-order valence-electron chi connectivity index (χ4n) is 4.21. The van der Waals surface area contributed by atoms with E-state index in [1.54, 1.807) is 6.92 Å². The van der Waals surface area contributed by atoms with E-state index in [-0.39, 0.29) is 17.6 Å². The Hall–Kier alpha value is -3.48. The number of aromatic nitrogens is 2. The molecule has 2 rings (SSSR count). The molecule has 0 spiro atoms. The molecule has 0 aliphatic carbocycles. The van der Waals surface area contributed by atoms with Crippen molar-refractivity contribution >= 4 is 11.8 Å². The van der Waals surface area contributed by atoms with Gasteiger partial charge < -0.3 is 15.4 Å². The van der Waals surface area contributed by atoms with Gasteiger partial charge in [-0.25, -0.2) is 4.98 Å². The van der Waals surface area contributed by atoms with E-state index in [2.05, 4.69) is 78.0 Å². The summed E-state index contributed by atoms with van der Waals surface area (Å²) in [6, 6.07) is -0.0290. The highest BCUT2D eigenvalue weighted by molar-refractivity contribution is 5.90. The molecule has 1 N–H and O–H groups in total. The van der Waals surface area contributed by atoms with Gasteiger partial charge in [-0.1, -0.05) is 67.7 Å². The van der Waals surface area contributed by atoms with E-state index in [0.717, 1.165) is 57.8 Å². The predicted octanol–water partition coefficient (Wildman–Crippen LogP) is 5.67. The van der Waals surface area contributed by atoms with Gasteiger partial charge in [-0.15, -0.1) is 0 Å². The SMILES string of the molecule is CCC=CCC=CCC=CCC=CCC=CCCCC(=O)N1CCCC1CNC(=O)c1cnc(C)c[n+]1[O-]. The van der Waals surface area contributed by atoms with Crippen LogP contribution in [0.5, 0.6) is 0 Å². The summed E-state index contributed by atoms with van der Waals surface area (Å²) in [7, 11) is 0. The fourth-order valence-corrected chi connectivity index (χ4v) is 4.21. The highest BCUT2D eigenvalue weighted by Gasteiger charge is 2.29. The van der Waals surface area contributed by atoms with Crippen LogP contribution in [-0.4, -0.2) is 40.8 Å². The molecule has 7 nitrogen and oxygen atoms in total. The Kier molecular flexibility index (Phi) is 15.1. The predicted molar refractivity (Wildman–Crippen MR) is 153 cm³/mol. The van der Waals surface area contributed by atoms with Gasteiger partial charge in [0.1, 0.15) is 11.9 Å². The van der Waals surface area contributed by atoms with Gasteiger partial charge in [-0.3, -0.25) is 9.59 Å². The lowest BCUT2D eigenvalue weighted by Gasteiger charge is -2.25. The molecule has 1 aliphatic heterocycles. The number of unbranched alkanes of at least 4 members (excludes halogenated alkanes) is 1. The Balaban J connectivity index is 1.57. The number of amides is 2. The first-order valence-corrected chi connectivity index (χ1v) is 13.9. The van der Waals surface area contributed by atoms with Crippen LogP contribution in [0.1, 0.15) is 87.3 Å². The quantitative estimate of drug-likeness (QED) is 0.132. The molecule has 206 valence electrons. The second-order valence-corrected chi connectivity index (χ2v) is 9.43. The summed E-state index contributed by atoms with van der Waals surface area (Å²) in [4.78, 5) is 31.0. The third kappa shape index (κ3) is 12.2. The zero-order valence-electron chi connectivity index (χ0n) is 23.1. The molecule has 38 heavy (non-hydrogen) atoms. The number of hydrogen-bond acceptors (Lipinski definition) is 4. The summed E-state index contributed by atoms with van der Waals surface area (Å²) < 4.78 is 0.532. The number of hydrogen-bond donors (Lipinski definition) is 1. The normalized spacial score (nSPS) is 16.3. The third-order valence-electron chi connectivity index (χ3n) is 6.28. The topological polar surface area (TPSA) is 89.2 Å². The number of nitrogens with zero attached hydrogens (tertiary/aromatic N) is 3. The first-order chi connectivity index (χ1) is 18.5. The molecule has 2 amide bonds. The summed E-state index contributed by atoms with van der Waals surface area (Å²) in [5.74, 6) is -0.338. The van der Waals surface area contributed by atoms with Gasteiger partial charge in [0.15, 0.2) is 0 Å². The Morgan fingerprint density at radius 2 is 1.63 bits per heavy atom. The average Bonchev–Trinajstić information content (AvgIpc) is 3.38. The minimum absolute atomic E-state index is 0.0290. The van der Waals surface area contributed by atoms with Crippen LogP contribution in [-0.2, 0) is 4.79 Å². The van der Waals surface area contributed by atoms with Gasteiger partial charge >= 0.3 is 5.91 Å². The second-order valence-electron chi connectivity index (χ2n) is 9.43. The highest BCUT2D eigenvalue weighted by Crippen LogP contribution is 2.18. The van der Waals surface area contributed by atoms with Crippen LogP contribution in [0.15, 0.2) is 73.2 Å². The van der Waals surface area contributed by atoms with Gasteiger partial charge in [-0.05, 0) is 64.7 Å². The lowest BCUT2D eigenvalue weighted by Crippen LogP contribution is -2.46. The Bertz CT molecular complexity index is 1010. The van der Waals surface area contributed by atoms with Crippen molar-refractivity contribution in [2.24, 2.45) is 0 Å². The molecule has 0 bridgehead atoms. The molecule has 2 heterocycles. The summed E-state index contributed by atoms with van der Waals surface area (Å²) in [5.41, 5.74) is 0.511. The Morgan fingerprint density at radius 3 is 2.24 bits per heavy atom. The second kappa shape index (κ2) is 18.7. The lowest BCUT2D eigenvalue weighted by molar-refractivity contribution is -0.608. The Labute approximate surface area is 228 Å². The first-order valence-electron chi connectivity index (χ1n) is 13.9. The molecule has 1 saturated heterocycles. The molecule has 0 aromatic carbocycles. The van der Waals surface area contributed by atoms with Crippen LogP contribution in [0.3, 0.4) is 0 Å². The van der Waals surface area contributed by atoms with Gasteiger partial charge in [0.2, 0.25) is 12.1 Å². The molecule has 7 heteroatoms. The molecule has 1 fully saturated rings. The van der Waals surface area contributed by atoms with Gasteiger partial charge in [0, 0.05) is 25.6 Å². The number of rotatable bonds is 16. The molecule has 1 unspecified atom stereocenters. The van der Waals surface area contributed by atoms with Crippen molar-refractivity contribution < 1.29 is 14.3 Å². The lowest BCUT2D eigenvalue weighted by atomic mass is 10.1. The van der Waals surface area contributed by atoms with E-state index >= 15 is 0 Å². The zero-order chi connectivity index (χ0) is 27.4. The molecular formula is C31H44N4O3. The van der Waals surface area contributed by atoms with Crippen LogP contribution in [0.25, 0.3) is 0 Å². The van der Waals surface area contributed by atoms with Crippen molar-refractivity contribution in [2.75, 3.05) is 13.1 Å². The van der Waals surface area contributed by atoms with E-state index in [4.69, 9.17) is 0 Å². The van der Waals surface area contributed by atoms with Crippen LogP contribution in [0.2, 0.25) is 0 Å². The van der Waals surface area contributed by atoms with Gasteiger partial charge in [0.05, 0.1) is 0 Å². The summed E-state index contributed by atoms with van der Waals surface area (Å²) in [6.45, 7) is 4.90. The molecule has 1 aliphatic rings. The maximum atomic E-state index is 12.7. The molecule has 1 aromatic rings. The standard InChI is InChI=1S/C31H44N4O3/c1-3-4-5-6-7-8-9-10-11-12-13-14-15-16-17-18-19-22-30(36)34-23-20-21-28(34)24-33-31(37)29-25-32-27(2)26-35(29)38/h4-5,7-8,10-11,13-14,16-17,25-26,28H,3,6,9,12,15,18-24H2,1-2H3,(H,33,37). The summed E-state index contributed by atoms with van der Waals surface area (Å²) in [6.07, 6.45) is 33.2. The number of nitrogens with one attached hydrogen (secondary N) is 1. The first kappa shape index (κ1) is 30.7. The largest absolute Gasteiger partial charge is 0.618 e. The van der Waals surface area contributed by atoms with E-state index in [9.17, 15) is 14.8 Å². The smallest absolute Gasteiger partial charge is 0.319 e. The van der Waals surface area contributed by atoms with Crippen molar-refractivity contribution in [2.45, 2.75) is 84.1 Å². The van der Waals surface area contributed by atoms with Crippen molar-refractivity contribution in [3.8, 4) is 0 Å². The zero-order valence-corrected chi connectivity index (χ0v) is 23.1. The molecule has 0 saturated carbocycles. The van der Waals surface area contributed by atoms with Crippen molar-refractivity contribution in [1.82, 2.24) is 15.2 Å². The number of carbonyl (C=O) groups is 2. The summed E-state index contributed by atoms with van der Waals surface area (Å²) in [5, 5.41) is 14.7. The minimum Gasteiger partial charge on any atom is -0.618 e. The van der Waals surface area contributed by atoms with Crippen LogP contribution in [0.4, 0.5) is 0 Å². The van der Waals surface area contributed by atoms with Crippen LogP contribution < -0.4 is 10.0 Å². The van der Waals surface area contributed by atoms with Gasteiger partial charge in [0.25, 0.3) is 5.69 Å². The van der Waals surface area contributed by atoms with E-state index < -0.39 is 5.91 Å². The third-order valence-corrected chi connectivity index (χ3v) is 6.28. The maximum absolute atomic E-state index is 12.7. The van der Waals surface area contributed by atoms with E-state index in [0.29, 0.717) is 29.9 Å². The monoisotopic (exact) mass is 520 g/mol. The number of carbonyl (C=O) groups excluding carboxylic acids is 2. The van der Waals surface area contributed by atoms with Crippen molar-refractivity contribution in [3.05, 3.63) is 89.7 Å². The van der Waals surface area contributed by atoms with Crippen LogP contribution in [0, 0.1) is 12.1 Å².